The van der Waals surface area contributed by atoms with E-state index in [0.29, 0.717) is 17.6 Å². The van der Waals surface area contributed by atoms with E-state index in [4.69, 9.17) is 14.0 Å². The van der Waals surface area contributed by atoms with Gasteiger partial charge in [0.2, 0.25) is 0 Å². The third-order valence-corrected chi connectivity index (χ3v) is 5.93. The van der Waals surface area contributed by atoms with Crippen molar-refractivity contribution >= 4 is 12.6 Å². The summed E-state index contributed by atoms with van der Waals surface area (Å²) in [6, 6.07) is 2.55. The van der Waals surface area contributed by atoms with E-state index in [-0.39, 0.29) is 11.8 Å². The molecule has 150 valence electrons. The standard InChI is InChI=1S/C20H25BF2N2O3/c1-19(2)20(3,4)28-21(27-19)14-9-15(22)18(16(23)10-14)13-11-24-25(12-13)17-7-5-6-8-26-17/h9-12,17H,5-8H2,1-4H3. The Balaban J connectivity index is 1.61. The van der Waals surface area contributed by atoms with Crippen LogP contribution in [0, 0.1) is 11.6 Å². The molecule has 0 bridgehead atoms. The maximum atomic E-state index is 14.9. The van der Waals surface area contributed by atoms with E-state index >= 15 is 0 Å². The topological polar surface area (TPSA) is 45.5 Å². The lowest BCUT2D eigenvalue weighted by molar-refractivity contribution is -0.0394. The molecule has 2 aliphatic rings. The second-order valence-corrected chi connectivity index (χ2v) is 8.48. The number of benzene rings is 1. The van der Waals surface area contributed by atoms with Crippen LogP contribution >= 0.6 is 0 Å². The summed E-state index contributed by atoms with van der Waals surface area (Å²) in [4.78, 5) is 0. The molecule has 5 nitrogen and oxygen atoms in total. The van der Waals surface area contributed by atoms with Gasteiger partial charge in [-0.05, 0) is 64.6 Å². The van der Waals surface area contributed by atoms with E-state index in [0.717, 1.165) is 19.3 Å². The number of ether oxygens (including phenoxy) is 1. The number of rotatable bonds is 3. The summed E-state index contributed by atoms with van der Waals surface area (Å²) in [7, 11) is -0.818. The molecule has 28 heavy (non-hydrogen) atoms. The maximum Gasteiger partial charge on any atom is 0.495 e. The summed E-state index contributed by atoms with van der Waals surface area (Å²) in [5, 5.41) is 4.25. The molecule has 2 fully saturated rings. The lowest BCUT2D eigenvalue weighted by atomic mass is 9.78. The molecule has 0 saturated carbocycles. The van der Waals surface area contributed by atoms with Crippen molar-refractivity contribution in [3.05, 3.63) is 36.2 Å². The minimum absolute atomic E-state index is 0.109. The SMILES string of the molecule is CC1(C)OB(c2cc(F)c(-c3cnn(C4CCCCO4)c3)c(F)c2)OC1(C)C. The first-order valence-electron chi connectivity index (χ1n) is 9.69. The Morgan fingerprint density at radius 2 is 1.71 bits per heavy atom. The van der Waals surface area contributed by atoms with Crippen LogP contribution in [0.3, 0.4) is 0 Å². The molecule has 0 amide bonds. The number of hydrogen-bond donors (Lipinski definition) is 0. The monoisotopic (exact) mass is 390 g/mol. The minimum atomic E-state index is -0.818. The fourth-order valence-electron chi connectivity index (χ4n) is 3.54. The summed E-state index contributed by atoms with van der Waals surface area (Å²) < 4.78 is 48.8. The van der Waals surface area contributed by atoms with Gasteiger partial charge in [0.05, 0.1) is 23.0 Å². The molecule has 0 aliphatic carbocycles. The van der Waals surface area contributed by atoms with Crippen LogP contribution in [0.4, 0.5) is 8.78 Å². The van der Waals surface area contributed by atoms with Crippen LogP contribution in [0.1, 0.15) is 53.2 Å². The van der Waals surface area contributed by atoms with Crippen molar-refractivity contribution in [2.45, 2.75) is 64.4 Å². The molecule has 2 aliphatic heterocycles. The molecule has 1 aromatic heterocycles. The number of halogens is 2. The predicted octanol–water partition coefficient (Wildman–Crippen LogP) is 3.83. The molecule has 2 aromatic rings. The Labute approximate surface area is 164 Å². The molecule has 0 spiro atoms. The molecule has 4 rings (SSSR count). The smallest absolute Gasteiger partial charge is 0.399 e. The molecular formula is C20H25BF2N2O3. The molecular weight excluding hydrogens is 365 g/mol. The van der Waals surface area contributed by atoms with Gasteiger partial charge in [-0.2, -0.15) is 5.10 Å². The highest BCUT2D eigenvalue weighted by atomic mass is 19.1. The Bertz CT molecular complexity index is 839. The third kappa shape index (κ3) is 3.38. The van der Waals surface area contributed by atoms with Gasteiger partial charge < -0.3 is 14.0 Å². The fraction of sp³-hybridized carbons (Fsp3) is 0.550. The first-order chi connectivity index (χ1) is 13.2. The summed E-state index contributed by atoms with van der Waals surface area (Å²) in [6.45, 7) is 8.27. The number of nitrogens with zero attached hydrogens (tertiary/aromatic N) is 2. The van der Waals surface area contributed by atoms with Crippen LogP contribution in [0.5, 0.6) is 0 Å². The summed E-state index contributed by atoms with van der Waals surface area (Å²) in [5.74, 6) is -1.34. The predicted molar refractivity (Wildman–Crippen MR) is 102 cm³/mol. The average molecular weight is 390 g/mol. The van der Waals surface area contributed by atoms with Crippen molar-refractivity contribution in [2.24, 2.45) is 0 Å². The van der Waals surface area contributed by atoms with Gasteiger partial charge in [0.15, 0.2) is 0 Å². The lowest BCUT2D eigenvalue weighted by Crippen LogP contribution is -2.41. The van der Waals surface area contributed by atoms with Gasteiger partial charge in [-0.3, -0.25) is 0 Å². The Hall–Kier alpha value is -1.77. The van der Waals surface area contributed by atoms with E-state index in [1.54, 1.807) is 10.9 Å². The summed E-state index contributed by atoms with van der Waals surface area (Å²) in [5.41, 5.74) is -0.568. The second-order valence-electron chi connectivity index (χ2n) is 8.48. The van der Waals surface area contributed by atoms with Crippen molar-refractivity contribution in [3.63, 3.8) is 0 Å². The van der Waals surface area contributed by atoms with E-state index in [1.165, 1.54) is 18.3 Å². The first-order valence-corrected chi connectivity index (χ1v) is 9.69. The third-order valence-electron chi connectivity index (χ3n) is 5.93. The zero-order valence-electron chi connectivity index (χ0n) is 16.7. The molecule has 0 N–H and O–H groups in total. The van der Waals surface area contributed by atoms with Crippen molar-refractivity contribution in [1.82, 2.24) is 9.78 Å². The zero-order valence-corrected chi connectivity index (χ0v) is 16.7. The number of hydrogen-bond acceptors (Lipinski definition) is 4. The quantitative estimate of drug-likeness (QED) is 0.748. The van der Waals surface area contributed by atoms with Gasteiger partial charge in [0.1, 0.15) is 17.9 Å². The van der Waals surface area contributed by atoms with Gasteiger partial charge in [0.25, 0.3) is 0 Å². The molecule has 0 radical (unpaired) electrons. The molecule has 1 atom stereocenters. The van der Waals surface area contributed by atoms with Crippen LogP contribution in [-0.2, 0) is 14.0 Å². The van der Waals surface area contributed by atoms with Crippen LogP contribution in [0.2, 0.25) is 0 Å². The number of aromatic nitrogens is 2. The first kappa shape index (κ1) is 19.5. The van der Waals surface area contributed by atoms with Gasteiger partial charge in [-0.1, -0.05) is 0 Å². The van der Waals surface area contributed by atoms with Gasteiger partial charge in [0, 0.05) is 18.4 Å². The van der Waals surface area contributed by atoms with Gasteiger partial charge in [-0.25, -0.2) is 13.5 Å². The minimum Gasteiger partial charge on any atom is -0.399 e. The molecule has 1 aromatic carbocycles. The van der Waals surface area contributed by atoms with Gasteiger partial charge in [-0.15, -0.1) is 0 Å². The lowest BCUT2D eigenvalue weighted by Gasteiger charge is -2.32. The molecule has 3 heterocycles. The summed E-state index contributed by atoms with van der Waals surface area (Å²) in [6.07, 6.45) is 5.82. The van der Waals surface area contributed by atoms with Crippen molar-refractivity contribution in [3.8, 4) is 11.1 Å². The highest BCUT2D eigenvalue weighted by Crippen LogP contribution is 2.37. The van der Waals surface area contributed by atoms with Crippen LogP contribution in [-0.4, -0.2) is 34.7 Å². The van der Waals surface area contributed by atoms with E-state index in [9.17, 15) is 8.78 Å². The van der Waals surface area contributed by atoms with Crippen molar-refractivity contribution in [1.29, 1.82) is 0 Å². The fourth-order valence-corrected chi connectivity index (χ4v) is 3.54. The van der Waals surface area contributed by atoms with E-state index in [1.807, 2.05) is 27.7 Å². The highest BCUT2D eigenvalue weighted by molar-refractivity contribution is 6.62. The Morgan fingerprint density at radius 1 is 1.07 bits per heavy atom. The Morgan fingerprint density at radius 3 is 2.29 bits per heavy atom. The molecule has 1 unspecified atom stereocenters. The van der Waals surface area contributed by atoms with E-state index in [2.05, 4.69) is 5.10 Å². The largest absolute Gasteiger partial charge is 0.495 e. The van der Waals surface area contributed by atoms with Crippen molar-refractivity contribution in [2.75, 3.05) is 6.61 Å². The van der Waals surface area contributed by atoms with E-state index < -0.39 is 30.0 Å². The maximum absolute atomic E-state index is 14.9. The second kappa shape index (κ2) is 6.93. The van der Waals surface area contributed by atoms with Crippen LogP contribution in [0.25, 0.3) is 11.1 Å². The van der Waals surface area contributed by atoms with Crippen molar-refractivity contribution < 1.29 is 22.8 Å². The highest BCUT2D eigenvalue weighted by Gasteiger charge is 2.52. The Kier molecular flexibility index (Phi) is 4.84. The van der Waals surface area contributed by atoms with Crippen LogP contribution < -0.4 is 5.46 Å². The summed E-state index contributed by atoms with van der Waals surface area (Å²) >= 11 is 0. The average Bonchev–Trinajstić information content (AvgIpc) is 3.18. The molecule has 2 saturated heterocycles. The van der Waals surface area contributed by atoms with Crippen LogP contribution in [0.15, 0.2) is 24.5 Å². The van der Waals surface area contributed by atoms with Gasteiger partial charge >= 0.3 is 7.12 Å². The zero-order chi connectivity index (χ0) is 20.1. The normalized spacial score (nSPS) is 23.9. The molecule has 8 heteroatoms.